The van der Waals surface area contributed by atoms with Gasteiger partial charge in [0.15, 0.2) is 0 Å². The van der Waals surface area contributed by atoms with Gasteiger partial charge in [0.2, 0.25) is 0 Å². The van der Waals surface area contributed by atoms with Gasteiger partial charge in [-0.1, -0.05) is 75.9 Å². The molecule has 0 aliphatic carbocycles. The van der Waals surface area contributed by atoms with Gasteiger partial charge in [0.1, 0.15) is 0 Å². The summed E-state index contributed by atoms with van der Waals surface area (Å²) in [6, 6.07) is 10.6. The second-order valence-corrected chi connectivity index (χ2v) is 6.66. The van der Waals surface area contributed by atoms with E-state index in [0.29, 0.717) is 13.2 Å². The van der Waals surface area contributed by atoms with Crippen LogP contribution in [-0.2, 0) is 14.9 Å². The van der Waals surface area contributed by atoms with Crippen LogP contribution in [0.2, 0.25) is 0 Å². The predicted molar refractivity (Wildman–Crippen MR) is 104 cm³/mol. The lowest BCUT2D eigenvalue weighted by Crippen LogP contribution is -2.37. The van der Waals surface area contributed by atoms with Gasteiger partial charge in [-0.25, -0.2) is 0 Å². The highest BCUT2D eigenvalue weighted by molar-refractivity contribution is 5.27. The molecule has 0 saturated carbocycles. The number of benzene rings is 1. The third-order valence-corrected chi connectivity index (χ3v) is 4.46. The SMILES string of the molecule is C=CCC(COCCCCC)(COCCCCC)c1ccccc1. The topological polar surface area (TPSA) is 18.5 Å². The van der Waals surface area contributed by atoms with Crippen molar-refractivity contribution in [2.24, 2.45) is 0 Å². The minimum Gasteiger partial charge on any atom is -0.380 e. The van der Waals surface area contributed by atoms with Crippen molar-refractivity contribution in [3.05, 3.63) is 48.6 Å². The molecule has 0 aromatic heterocycles. The number of rotatable bonds is 15. The molecule has 1 aromatic rings. The average molecular weight is 333 g/mol. The Hall–Kier alpha value is -1.12. The molecule has 0 saturated heterocycles. The van der Waals surface area contributed by atoms with Gasteiger partial charge in [0.25, 0.3) is 0 Å². The molecule has 0 amide bonds. The quantitative estimate of drug-likeness (QED) is 0.293. The molecule has 0 radical (unpaired) electrons. The van der Waals surface area contributed by atoms with Crippen LogP contribution in [0.25, 0.3) is 0 Å². The molecule has 0 N–H and O–H groups in total. The maximum Gasteiger partial charge on any atom is 0.0588 e. The summed E-state index contributed by atoms with van der Waals surface area (Å²) in [6.07, 6.45) is 10.0. The minimum atomic E-state index is -0.124. The highest BCUT2D eigenvalue weighted by atomic mass is 16.5. The van der Waals surface area contributed by atoms with Gasteiger partial charge >= 0.3 is 0 Å². The predicted octanol–water partition coefficient (Wildman–Crippen LogP) is 5.91. The molecular formula is C22H36O2. The summed E-state index contributed by atoms with van der Waals surface area (Å²) in [5.74, 6) is 0. The van der Waals surface area contributed by atoms with E-state index in [-0.39, 0.29) is 5.41 Å². The van der Waals surface area contributed by atoms with Crippen molar-refractivity contribution in [3.63, 3.8) is 0 Å². The Morgan fingerprint density at radius 1 is 0.875 bits per heavy atom. The Labute approximate surface area is 149 Å². The third-order valence-electron chi connectivity index (χ3n) is 4.46. The number of ether oxygens (including phenoxy) is 2. The van der Waals surface area contributed by atoms with E-state index >= 15 is 0 Å². The molecule has 0 fully saturated rings. The highest BCUT2D eigenvalue weighted by Gasteiger charge is 2.31. The van der Waals surface area contributed by atoms with Crippen molar-refractivity contribution in [1.82, 2.24) is 0 Å². The third kappa shape index (κ3) is 7.63. The molecular weight excluding hydrogens is 296 g/mol. The average Bonchev–Trinajstić information content (AvgIpc) is 2.62. The normalized spacial score (nSPS) is 11.6. The van der Waals surface area contributed by atoms with Gasteiger partial charge in [0.05, 0.1) is 13.2 Å². The standard InChI is InChI=1S/C22H36O2/c1-4-7-12-17-23-19-22(16-6-3,20-24-18-13-8-5-2)21-14-10-9-11-15-21/h6,9-11,14-15H,3-5,7-8,12-13,16-20H2,1-2H3. The lowest BCUT2D eigenvalue weighted by atomic mass is 9.79. The van der Waals surface area contributed by atoms with Crippen molar-refractivity contribution in [2.45, 2.75) is 64.2 Å². The van der Waals surface area contributed by atoms with E-state index in [2.05, 4.69) is 50.8 Å². The monoisotopic (exact) mass is 332 g/mol. The van der Waals surface area contributed by atoms with Crippen molar-refractivity contribution in [1.29, 1.82) is 0 Å². The Bertz CT molecular complexity index is 399. The van der Waals surface area contributed by atoms with E-state index in [4.69, 9.17) is 9.47 Å². The first-order chi connectivity index (χ1) is 11.8. The Morgan fingerprint density at radius 2 is 1.42 bits per heavy atom. The lowest BCUT2D eigenvalue weighted by molar-refractivity contribution is 0.0173. The van der Waals surface area contributed by atoms with Gasteiger partial charge in [-0.3, -0.25) is 0 Å². The number of unbranched alkanes of at least 4 members (excludes halogenated alkanes) is 4. The largest absolute Gasteiger partial charge is 0.380 e. The van der Waals surface area contributed by atoms with Crippen LogP contribution >= 0.6 is 0 Å². The molecule has 0 heterocycles. The summed E-state index contributed by atoms with van der Waals surface area (Å²) in [5.41, 5.74) is 1.16. The first-order valence-corrected chi connectivity index (χ1v) is 9.61. The Balaban J connectivity index is 2.71. The van der Waals surface area contributed by atoms with Gasteiger partial charge in [-0.2, -0.15) is 0 Å². The van der Waals surface area contributed by atoms with E-state index < -0.39 is 0 Å². The van der Waals surface area contributed by atoms with Crippen molar-refractivity contribution in [2.75, 3.05) is 26.4 Å². The van der Waals surface area contributed by atoms with Gasteiger partial charge in [-0.05, 0) is 24.8 Å². The zero-order valence-corrected chi connectivity index (χ0v) is 15.8. The fraction of sp³-hybridized carbons (Fsp3) is 0.636. The van der Waals surface area contributed by atoms with Crippen LogP contribution in [0.1, 0.15) is 64.4 Å². The number of allylic oxidation sites excluding steroid dienone is 1. The molecule has 1 rings (SSSR count). The molecule has 0 spiro atoms. The first kappa shape index (κ1) is 20.9. The molecule has 0 unspecified atom stereocenters. The first-order valence-electron chi connectivity index (χ1n) is 9.61. The summed E-state index contributed by atoms with van der Waals surface area (Å²) in [5, 5.41) is 0. The minimum absolute atomic E-state index is 0.124. The summed E-state index contributed by atoms with van der Waals surface area (Å²) in [7, 11) is 0. The summed E-state index contributed by atoms with van der Waals surface area (Å²) in [6.45, 7) is 11.5. The second kappa shape index (κ2) is 13.2. The highest BCUT2D eigenvalue weighted by Crippen LogP contribution is 2.30. The van der Waals surface area contributed by atoms with E-state index in [1.54, 1.807) is 0 Å². The molecule has 0 bridgehead atoms. The van der Waals surface area contributed by atoms with Crippen LogP contribution in [-0.4, -0.2) is 26.4 Å². The molecule has 0 atom stereocenters. The number of hydrogen-bond acceptors (Lipinski definition) is 2. The smallest absolute Gasteiger partial charge is 0.0588 e. The maximum absolute atomic E-state index is 6.06. The molecule has 136 valence electrons. The van der Waals surface area contributed by atoms with Crippen molar-refractivity contribution in [3.8, 4) is 0 Å². The molecule has 0 aliphatic rings. The van der Waals surface area contributed by atoms with Crippen LogP contribution in [0.5, 0.6) is 0 Å². The summed E-state index contributed by atoms with van der Waals surface area (Å²) >= 11 is 0. The van der Waals surface area contributed by atoms with Gasteiger partial charge in [0, 0.05) is 18.6 Å². The molecule has 2 nitrogen and oxygen atoms in total. The van der Waals surface area contributed by atoms with Crippen molar-refractivity contribution < 1.29 is 9.47 Å². The van der Waals surface area contributed by atoms with Crippen LogP contribution in [0.3, 0.4) is 0 Å². The van der Waals surface area contributed by atoms with Crippen LogP contribution < -0.4 is 0 Å². The molecule has 2 heteroatoms. The maximum atomic E-state index is 6.06. The van der Waals surface area contributed by atoms with Gasteiger partial charge in [-0.15, -0.1) is 6.58 Å². The van der Waals surface area contributed by atoms with Gasteiger partial charge < -0.3 is 9.47 Å². The Kier molecular flexibility index (Phi) is 11.5. The molecule has 1 aromatic carbocycles. The lowest BCUT2D eigenvalue weighted by Gasteiger charge is -2.33. The second-order valence-electron chi connectivity index (χ2n) is 6.66. The summed E-state index contributed by atoms with van der Waals surface area (Å²) < 4.78 is 12.1. The van der Waals surface area contributed by atoms with E-state index in [1.165, 1.54) is 31.2 Å². The number of hydrogen-bond donors (Lipinski definition) is 0. The zero-order valence-electron chi connectivity index (χ0n) is 15.8. The fourth-order valence-electron chi connectivity index (χ4n) is 2.96. The fourth-order valence-corrected chi connectivity index (χ4v) is 2.96. The zero-order chi connectivity index (χ0) is 17.5. The van der Waals surface area contributed by atoms with E-state index in [1.807, 2.05) is 6.08 Å². The molecule has 24 heavy (non-hydrogen) atoms. The van der Waals surface area contributed by atoms with Crippen LogP contribution in [0, 0.1) is 0 Å². The molecule has 0 aliphatic heterocycles. The van der Waals surface area contributed by atoms with Crippen molar-refractivity contribution >= 4 is 0 Å². The van der Waals surface area contributed by atoms with E-state index in [0.717, 1.165) is 32.5 Å². The van der Waals surface area contributed by atoms with E-state index in [9.17, 15) is 0 Å². The van der Waals surface area contributed by atoms with Crippen LogP contribution in [0.15, 0.2) is 43.0 Å². The van der Waals surface area contributed by atoms with Crippen LogP contribution in [0.4, 0.5) is 0 Å². The Morgan fingerprint density at radius 3 is 1.88 bits per heavy atom. The summed E-state index contributed by atoms with van der Waals surface area (Å²) in [4.78, 5) is 0.